The molecule has 0 N–H and O–H groups in total. The lowest BCUT2D eigenvalue weighted by Gasteiger charge is -2.34. The largest absolute Gasteiger partial charge is 0.103 e. The summed E-state index contributed by atoms with van der Waals surface area (Å²) >= 11 is 0. The third kappa shape index (κ3) is 12.4. The Morgan fingerprint density at radius 3 is 2.65 bits per heavy atom. The molecule has 3 rings (SSSR count). The molecule has 0 radical (unpaired) electrons. The number of hydrogen-bond acceptors (Lipinski definition) is 0. The van der Waals surface area contributed by atoms with Crippen LogP contribution in [-0.4, -0.2) is 0 Å². The molecule has 0 nitrogen and oxygen atoms in total. The van der Waals surface area contributed by atoms with Gasteiger partial charge in [-0.25, -0.2) is 0 Å². The van der Waals surface area contributed by atoms with Crippen molar-refractivity contribution >= 4 is 0 Å². The van der Waals surface area contributed by atoms with E-state index in [9.17, 15) is 0 Å². The average Bonchev–Trinajstić information content (AvgIpc) is 2.78. The van der Waals surface area contributed by atoms with E-state index in [-0.39, 0.29) is 0 Å². The van der Waals surface area contributed by atoms with Crippen LogP contribution >= 0.6 is 0 Å². The molecule has 0 saturated heterocycles. The van der Waals surface area contributed by atoms with Crippen molar-refractivity contribution in [2.75, 3.05) is 0 Å². The van der Waals surface area contributed by atoms with Crippen LogP contribution in [0.25, 0.3) is 0 Å². The lowest BCUT2D eigenvalue weighted by molar-refractivity contribution is 0.240. The van der Waals surface area contributed by atoms with E-state index in [2.05, 4.69) is 63.8 Å². The fourth-order valence-electron chi connectivity index (χ4n) is 5.91. The zero-order valence-corrected chi connectivity index (χ0v) is 23.1. The molecule has 2 atom stereocenters. The number of allylic oxidation sites excluding steroid dienone is 9. The monoisotopic (exact) mass is 464 g/mol. The first-order valence-electron chi connectivity index (χ1n) is 15.0. The summed E-state index contributed by atoms with van der Waals surface area (Å²) in [5, 5.41) is 0. The lowest BCUT2D eigenvalue weighted by Crippen LogP contribution is -2.22. The molecule has 3 aliphatic rings. The number of hydrogen-bond donors (Lipinski definition) is 0. The molecular formula is C34H56. The highest BCUT2D eigenvalue weighted by Crippen LogP contribution is 2.39. The zero-order chi connectivity index (χ0) is 24.4. The first kappa shape index (κ1) is 28.9. The zero-order valence-electron chi connectivity index (χ0n) is 23.1. The molecule has 0 aromatic heterocycles. The SMILES string of the molecule is C=CCC=C(CC=CCC)CCCCC(C)CC(CCCC)CCCC1=CCC2CC(C=C1)C2. The standard InChI is InChI=1S/C34H56/c1-5-8-11-18-30(16-9-6-2)19-13-12-15-29(4)26-32(17-10-7-3)21-14-20-31-22-24-33-27-34(28-33)25-23-31/h6,8,11,16,22-24,29,32-34H,2,5,7,9-10,12-15,17-21,25-28H2,1,3-4H3. The Morgan fingerprint density at radius 1 is 1.06 bits per heavy atom. The number of rotatable bonds is 19. The van der Waals surface area contributed by atoms with E-state index in [4.69, 9.17) is 0 Å². The van der Waals surface area contributed by atoms with Gasteiger partial charge in [-0.15, -0.1) is 6.58 Å². The summed E-state index contributed by atoms with van der Waals surface area (Å²) in [7, 11) is 0. The maximum atomic E-state index is 3.89. The minimum absolute atomic E-state index is 0.870. The van der Waals surface area contributed by atoms with Crippen LogP contribution < -0.4 is 0 Å². The van der Waals surface area contributed by atoms with Gasteiger partial charge in [0, 0.05) is 0 Å². The second-order valence-corrected chi connectivity index (χ2v) is 11.4. The second kappa shape index (κ2) is 18.0. The molecular weight excluding hydrogens is 408 g/mol. The van der Waals surface area contributed by atoms with Gasteiger partial charge >= 0.3 is 0 Å². The summed E-state index contributed by atoms with van der Waals surface area (Å²) in [5.74, 6) is 3.69. The Labute approximate surface area is 213 Å². The van der Waals surface area contributed by atoms with Crippen LogP contribution in [0.2, 0.25) is 0 Å². The summed E-state index contributed by atoms with van der Waals surface area (Å²) in [5.41, 5.74) is 3.23. The van der Waals surface area contributed by atoms with Crippen LogP contribution in [0.15, 0.2) is 60.3 Å². The molecule has 0 heteroatoms. The Kier molecular flexibility index (Phi) is 15.3. The molecule has 0 heterocycles. The Balaban J connectivity index is 1.68. The van der Waals surface area contributed by atoms with E-state index in [0.29, 0.717) is 0 Å². The minimum Gasteiger partial charge on any atom is -0.103 e. The van der Waals surface area contributed by atoms with Gasteiger partial charge in [-0.1, -0.05) is 113 Å². The second-order valence-electron chi connectivity index (χ2n) is 11.4. The van der Waals surface area contributed by atoms with Gasteiger partial charge in [0.25, 0.3) is 0 Å². The molecule has 2 bridgehead atoms. The van der Waals surface area contributed by atoms with Crippen molar-refractivity contribution in [3.8, 4) is 0 Å². The Hall–Kier alpha value is -1.30. The van der Waals surface area contributed by atoms with Gasteiger partial charge in [0.1, 0.15) is 0 Å². The van der Waals surface area contributed by atoms with Crippen molar-refractivity contribution < 1.29 is 0 Å². The van der Waals surface area contributed by atoms with Crippen LogP contribution in [0.3, 0.4) is 0 Å². The first-order valence-corrected chi connectivity index (χ1v) is 15.0. The summed E-state index contributed by atoms with van der Waals surface area (Å²) in [4.78, 5) is 0. The molecule has 192 valence electrons. The molecule has 0 amide bonds. The quantitative estimate of drug-likeness (QED) is 0.132. The predicted octanol–water partition coefficient (Wildman–Crippen LogP) is 11.3. The van der Waals surface area contributed by atoms with Crippen molar-refractivity contribution in [2.45, 2.75) is 130 Å². The third-order valence-corrected chi connectivity index (χ3v) is 8.15. The van der Waals surface area contributed by atoms with Gasteiger partial charge in [-0.05, 0) is 94.3 Å². The normalized spacial score (nSPS) is 22.1. The molecule has 0 aliphatic heterocycles. The maximum Gasteiger partial charge on any atom is -0.0139 e. The van der Waals surface area contributed by atoms with E-state index in [1.807, 2.05) is 6.08 Å². The fraction of sp³-hybridized carbons (Fsp3) is 0.706. The highest BCUT2D eigenvalue weighted by Gasteiger charge is 2.27. The van der Waals surface area contributed by atoms with E-state index < -0.39 is 0 Å². The number of unbranched alkanes of at least 4 members (excludes halogenated alkanes) is 2. The molecule has 1 fully saturated rings. The van der Waals surface area contributed by atoms with Crippen molar-refractivity contribution in [1.29, 1.82) is 0 Å². The molecule has 3 aliphatic carbocycles. The lowest BCUT2D eigenvalue weighted by atomic mass is 9.71. The van der Waals surface area contributed by atoms with E-state index >= 15 is 0 Å². The van der Waals surface area contributed by atoms with Gasteiger partial charge in [0.2, 0.25) is 0 Å². The van der Waals surface area contributed by atoms with Gasteiger partial charge in [-0.2, -0.15) is 0 Å². The van der Waals surface area contributed by atoms with Crippen molar-refractivity contribution in [2.24, 2.45) is 23.7 Å². The predicted molar refractivity (Wildman–Crippen MR) is 154 cm³/mol. The van der Waals surface area contributed by atoms with E-state index in [1.165, 1.54) is 89.9 Å². The van der Waals surface area contributed by atoms with Crippen LogP contribution in [-0.2, 0) is 0 Å². The smallest absolute Gasteiger partial charge is 0.0139 e. The fourth-order valence-corrected chi connectivity index (χ4v) is 5.91. The molecule has 0 aromatic rings. The summed E-state index contributed by atoms with van der Waals surface area (Å²) < 4.78 is 0. The molecule has 2 unspecified atom stereocenters. The first-order chi connectivity index (χ1) is 16.6. The summed E-state index contributed by atoms with van der Waals surface area (Å²) in [6, 6.07) is 0. The van der Waals surface area contributed by atoms with Crippen LogP contribution in [0.5, 0.6) is 0 Å². The van der Waals surface area contributed by atoms with Gasteiger partial charge < -0.3 is 0 Å². The number of fused-ring (bicyclic) bond motifs is 2. The molecule has 0 aromatic carbocycles. The van der Waals surface area contributed by atoms with E-state index in [1.54, 1.807) is 11.1 Å². The van der Waals surface area contributed by atoms with Crippen molar-refractivity contribution in [3.05, 3.63) is 60.3 Å². The minimum atomic E-state index is 0.870. The van der Waals surface area contributed by atoms with Gasteiger partial charge in [-0.3, -0.25) is 0 Å². The molecule has 0 spiro atoms. The van der Waals surface area contributed by atoms with Crippen molar-refractivity contribution in [3.63, 3.8) is 0 Å². The molecule has 1 saturated carbocycles. The summed E-state index contributed by atoms with van der Waals surface area (Å²) in [6.07, 6.45) is 39.3. The summed E-state index contributed by atoms with van der Waals surface area (Å²) in [6.45, 7) is 11.0. The van der Waals surface area contributed by atoms with Crippen LogP contribution in [0.1, 0.15) is 130 Å². The Morgan fingerprint density at radius 2 is 1.88 bits per heavy atom. The maximum absolute atomic E-state index is 3.89. The van der Waals surface area contributed by atoms with Crippen LogP contribution in [0, 0.1) is 23.7 Å². The third-order valence-electron chi connectivity index (χ3n) is 8.15. The highest BCUT2D eigenvalue weighted by atomic mass is 14.3. The van der Waals surface area contributed by atoms with Crippen LogP contribution in [0.4, 0.5) is 0 Å². The Bertz CT molecular complexity index is 652. The molecule has 34 heavy (non-hydrogen) atoms. The topological polar surface area (TPSA) is 0 Å². The van der Waals surface area contributed by atoms with Crippen molar-refractivity contribution in [1.82, 2.24) is 0 Å². The average molecular weight is 465 g/mol. The highest BCUT2D eigenvalue weighted by molar-refractivity contribution is 5.22. The van der Waals surface area contributed by atoms with E-state index in [0.717, 1.165) is 42.9 Å². The van der Waals surface area contributed by atoms with Gasteiger partial charge in [0.05, 0.1) is 0 Å². The van der Waals surface area contributed by atoms with Gasteiger partial charge in [0.15, 0.2) is 0 Å².